The van der Waals surface area contributed by atoms with Crippen LogP contribution in [0.15, 0.2) is 128 Å². The van der Waals surface area contributed by atoms with Gasteiger partial charge in [0.15, 0.2) is 0 Å². The molecule has 0 bridgehead atoms. The van der Waals surface area contributed by atoms with Crippen LogP contribution >= 0.6 is 0 Å². The summed E-state index contributed by atoms with van der Waals surface area (Å²) in [6.07, 6.45) is -1.25. The minimum absolute atomic E-state index is 0.101. The zero-order valence-corrected chi connectivity index (χ0v) is 18.2. The molecule has 0 radical (unpaired) electrons. The molecule has 1 heterocycles. The Hall–Kier alpha value is -4.12. The fraction of sp³-hybridized carbons (Fsp3) is 0.0690. The summed E-state index contributed by atoms with van der Waals surface area (Å²) in [7, 11) is 0. The Bertz CT molecular complexity index is 1280. The van der Waals surface area contributed by atoms with Gasteiger partial charge in [0.1, 0.15) is 5.54 Å². The topological polar surface area (TPSA) is 17.8 Å². The van der Waals surface area contributed by atoms with Gasteiger partial charge in [0.05, 0.1) is 11.8 Å². The molecule has 0 saturated heterocycles. The van der Waals surface area contributed by atoms with E-state index in [9.17, 15) is 13.2 Å². The first-order valence-corrected chi connectivity index (χ1v) is 10.9. The first-order chi connectivity index (χ1) is 16.5. The maximum absolute atomic E-state index is 13.7. The van der Waals surface area contributed by atoms with Gasteiger partial charge in [-0.25, -0.2) is 0 Å². The molecule has 168 valence electrons. The van der Waals surface area contributed by atoms with Crippen LogP contribution in [0.3, 0.4) is 0 Å². The molecule has 34 heavy (non-hydrogen) atoms. The van der Waals surface area contributed by atoms with Crippen LogP contribution in [-0.4, -0.2) is 9.78 Å². The van der Waals surface area contributed by atoms with Crippen LogP contribution in [0.2, 0.25) is 0 Å². The molecule has 1 aromatic heterocycles. The Morgan fingerprint density at radius 2 is 1.00 bits per heavy atom. The summed E-state index contributed by atoms with van der Waals surface area (Å²) in [6, 6.07) is 35.3. The van der Waals surface area contributed by atoms with E-state index in [0.29, 0.717) is 5.56 Å². The lowest BCUT2D eigenvalue weighted by Gasteiger charge is -2.36. The number of aromatic nitrogens is 2. The first kappa shape index (κ1) is 21.7. The fourth-order valence-electron chi connectivity index (χ4n) is 4.56. The van der Waals surface area contributed by atoms with Crippen LogP contribution in [0.1, 0.15) is 22.3 Å². The molecule has 0 N–H and O–H groups in total. The molecule has 0 spiro atoms. The molecule has 5 heteroatoms. The lowest BCUT2D eigenvalue weighted by Crippen LogP contribution is -2.38. The van der Waals surface area contributed by atoms with Crippen molar-refractivity contribution in [3.05, 3.63) is 150 Å². The van der Waals surface area contributed by atoms with Gasteiger partial charge in [0, 0.05) is 11.8 Å². The predicted molar refractivity (Wildman–Crippen MR) is 127 cm³/mol. The number of hydrogen-bond donors (Lipinski definition) is 0. The average molecular weight is 454 g/mol. The zero-order chi connectivity index (χ0) is 23.6. The highest BCUT2D eigenvalue weighted by molar-refractivity contribution is 5.67. The number of hydrogen-bond acceptors (Lipinski definition) is 1. The normalized spacial score (nSPS) is 12.0. The van der Waals surface area contributed by atoms with Gasteiger partial charge in [0.25, 0.3) is 0 Å². The third-order valence-corrected chi connectivity index (χ3v) is 6.04. The summed E-state index contributed by atoms with van der Waals surface area (Å²) in [4.78, 5) is 0. The van der Waals surface area contributed by atoms with Crippen molar-refractivity contribution in [1.82, 2.24) is 9.78 Å². The van der Waals surface area contributed by atoms with Crippen molar-refractivity contribution >= 4 is 0 Å². The molecule has 0 unspecified atom stereocenters. The predicted octanol–water partition coefficient (Wildman–Crippen LogP) is 7.41. The molecule has 5 rings (SSSR count). The molecule has 0 saturated carbocycles. The van der Waals surface area contributed by atoms with Crippen LogP contribution in [0.4, 0.5) is 13.2 Å². The Morgan fingerprint density at radius 3 is 1.47 bits per heavy atom. The average Bonchev–Trinajstić information content (AvgIpc) is 3.36. The summed E-state index contributed by atoms with van der Waals surface area (Å²) in [6.45, 7) is 0. The van der Waals surface area contributed by atoms with Gasteiger partial charge in [-0.1, -0.05) is 109 Å². The van der Waals surface area contributed by atoms with Gasteiger partial charge in [-0.3, -0.25) is 4.68 Å². The second kappa shape index (κ2) is 8.67. The van der Waals surface area contributed by atoms with Crippen molar-refractivity contribution < 1.29 is 13.2 Å². The summed E-state index contributed by atoms with van der Waals surface area (Å²) in [5.74, 6) is 0. The molecule has 2 nitrogen and oxygen atoms in total. The smallest absolute Gasteiger partial charge is 0.252 e. The molecule has 5 aromatic rings. The van der Waals surface area contributed by atoms with Crippen molar-refractivity contribution in [3.8, 4) is 11.1 Å². The van der Waals surface area contributed by atoms with E-state index in [1.807, 2.05) is 91.0 Å². The van der Waals surface area contributed by atoms with Crippen LogP contribution in [-0.2, 0) is 11.7 Å². The SMILES string of the molecule is FC(F)(F)c1ccccc1-c1cnn(C(c2ccccc2)(c2ccccc2)c2ccccc2)c1. The molecule has 0 aliphatic heterocycles. The molecule has 4 aromatic carbocycles. The summed E-state index contributed by atoms with van der Waals surface area (Å²) < 4.78 is 43.0. The van der Waals surface area contributed by atoms with Gasteiger partial charge in [-0.05, 0) is 28.3 Å². The lowest BCUT2D eigenvalue weighted by molar-refractivity contribution is -0.137. The van der Waals surface area contributed by atoms with E-state index in [0.717, 1.165) is 22.8 Å². The van der Waals surface area contributed by atoms with Crippen LogP contribution in [0.5, 0.6) is 0 Å². The monoisotopic (exact) mass is 454 g/mol. The number of alkyl halides is 3. The van der Waals surface area contributed by atoms with E-state index in [2.05, 4.69) is 5.10 Å². The van der Waals surface area contributed by atoms with Crippen molar-refractivity contribution in [3.63, 3.8) is 0 Å². The number of benzene rings is 4. The lowest BCUT2D eigenvalue weighted by atomic mass is 9.77. The first-order valence-electron chi connectivity index (χ1n) is 10.9. The summed E-state index contributed by atoms with van der Waals surface area (Å²) in [5, 5.41) is 4.67. The molecule has 0 aliphatic rings. The highest BCUT2D eigenvalue weighted by atomic mass is 19.4. The van der Waals surface area contributed by atoms with Gasteiger partial charge < -0.3 is 0 Å². The highest BCUT2D eigenvalue weighted by Crippen LogP contribution is 2.42. The molecular formula is C29H21F3N2. The molecule has 0 fully saturated rings. The number of nitrogens with zero attached hydrogens (tertiary/aromatic N) is 2. The number of halogens is 3. The van der Waals surface area contributed by atoms with Gasteiger partial charge in [-0.2, -0.15) is 18.3 Å². The van der Waals surface area contributed by atoms with Crippen molar-refractivity contribution in [2.75, 3.05) is 0 Å². The minimum atomic E-state index is -4.46. The molecule has 0 aliphatic carbocycles. The van der Waals surface area contributed by atoms with E-state index in [1.54, 1.807) is 16.9 Å². The van der Waals surface area contributed by atoms with Crippen LogP contribution in [0, 0.1) is 0 Å². The van der Waals surface area contributed by atoms with Crippen LogP contribution < -0.4 is 0 Å². The van der Waals surface area contributed by atoms with E-state index in [1.165, 1.54) is 18.3 Å². The maximum atomic E-state index is 13.7. The van der Waals surface area contributed by atoms with Crippen molar-refractivity contribution in [2.45, 2.75) is 11.7 Å². The third kappa shape index (κ3) is 3.69. The summed E-state index contributed by atoms with van der Waals surface area (Å²) in [5.41, 5.74) is 1.79. The van der Waals surface area contributed by atoms with E-state index < -0.39 is 17.3 Å². The second-order valence-corrected chi connectivity index (χ2v) is 8.03. The van der Waals surface area contributed by atoms with E-state index in [4.69, 9.17) is 0 Å². The zero-order valence-electron chi connectivity index (χ0n) is 18.2. The largest absolute Gasteiger partial charge is 0.417 e. The van der Waals surface area contributed by atoms with E-state index in [-0.39, 0.29) is 5.56 Å². The van der Waals surface area contributed by atoms with Gasteiger partial charge in [-0.15, -0.1) is 0 Å². The Morgan fingerprint density at radius 1 is 0.559 bits per heavy atom. The summed E-state index contributed by atoms with van der Waals surface area (Å²) >= 11 is 0. The number of rotatable bonds is 5. The van der Waals surface area contributed by atoms with Gasteiger partial charge in [0.2, 0.25) is 0 Å². The minimum Gasteiger partial charge on any atom is -0.252 e. The van der Waals surface area contributed by atoms with Crippen molar-refractivity contribution in [1.29, 1.82) is 0 Å². The maximum Gasteiger partial charge on any atom is 0.417 e. The molecule has 0 atom stereocenters. The Kier molecular flexibility index (Phi) is 5.54. The van der Waals surface area contributed by atoms with Crippen molar-refractivity contribution in [2.24, 2.45) is 0 Å². The Balaban J connectivity index is 1.80. The fourth-order valence-corrected chi connectivity index (χ4v) is 4.56. The van der Waals surface area contributed by atoms with E-state index >= 15 is 0 Å². The van der Waals surface area contributed by atoms with Crippen LogP contribution in [0.25, 0.3) is 11.1 Å². The third-order valence-electron chi connectivity index (χ3n) is 6.04. The quantitative estimate of drug-likeness (QED) is 0.253. The van der Waals surface area contributed by atoms with Gasteiger partial charge >= 0.3 is 6.18 Å². The second-order valence-electron chi connectivity index (χ2n) is 8.03. The molecule has 0 amide bonds. The Labute approximate surface area is 195 Å². The highest BCUT2D eigenvalue weighted by Gasteiger charge is 2.40. The standard InChI is InChI=1S/C29H21F3N2/c30-29(31,32)27-19-11-10-18-26(27)22-20-33-34(21-22)28(23-12-4-1-5-13-23,24-14-6-2-7-15-24)25-16-8-3-9-17-25/h1-21H. The molecular weight excluding hydrogens is 433 g/mol.